The molecule has 356 valence electrons. The molecule has 0 radical (unpaired) electrons. The van der Waals surface area contributed by atoms with Crippen LogP contribution in [0.1, 0.15) is 37.8 Å². The molecule has 11 atom stereocenters. The van der Waals surface area contributed by atoms with E-state index in [-0.39, 0.29) is 30.9 Å². The van der Waals surface area contributed by atoms with E-state index in [2.05, 4.69) is 31.6 Å². The Labute approximate surface area is 377 Å². The van der Waals surface area contributed by atoms with E-state index >= 15 is 0 Å². The maximum Gasteiger partial charge on any atom is 0.326 e. The zero-order chi connectivity index (χ0) is 48.0. The number of fused-ring (bicyclic) bond motifs is 1. The molecule has 65 heavy (non-hydrogen) atoms. The summed E-state index contributed by atoms with van der Waals surface area (Å²) >= 11 is 0.756. The van der Waals surface area contributed by atoms with Gasteiger partial charge in [0.05, 0.1) is 19.1 Å². The first kappa shape index (κ1) is 52.0. The van der Waals surface area contributed by atoms with Gasteiger partial charge in [-0.25, -0.2) is 4.79 Å². The summed E-state index contributed by atoms with van der Waals surface area (Å²) in [5, 5.41) is 72.5. The lowest BCUT2D eigenvalue weighted by atomic mass is 10.0. The molecule has 1 fully saturated rings. The number of nitrogens with two attached hydrogens (primary N) is 2. The smallest absolute Gasteiger partial charge is 0.326 e. The number of carboxylic acids is 2. The minimum Gasteiger partial charge on any atom is -0.481 e. The Morgan fingerprint density at radius 3 is 1.88 bits per heavy atom. The van der Waals surface area contributed by atoms with Crippen molar-refractivity contribution in [3.63, 3.8) is 0 Å². The summed E-state index contributed by atoms with van der Waals surface area (Å²) in [7, 11) is 0. The number of carboxylic acid groups (broad SMARTS) is 2. The maximum atomic E-state index is 14.4. The summed E-state index contributed by atoms with van der Waals surface area (Å²) < 4.78 is 5.43. The van der Waals surface area contributed by atoms with Gasteiger partial charge in [0.25, 0.3) is 0 Å². The van der Waals surface area contributed by atoms with Crippen molar-refractivity contribution in [2.75, 3.05) is 18.9 Å². The molecule has 3 aromatic rings. The van der Waals surface area contributed by atoms with Gasteiger partial charge in [-0.1, -0.05) is 62.4 Å². The number of aliphatic hydroxyl groups is 4. The fourth-order valence-electron chi connectivity index (χ4n) is 6.94. The number of thioether (sulfide) groups is 1. The number of hydrogen-bond acceptors (Lipinski definition) is 15. The van der Waals surface area contributed by atoms with Gasteiger partial charge in [0.15, 0.2) is 0 Å². The number of benzene rings is 2. The topological polar surface area (TPSA) is 378 Å². The average Bonchev–Trinajstić information content (AvgIpc) is 3.68. The van der Waals surface area contributed by atoms with Crippen molar-refractivity contribution >= 4 is 64.1 Å². The molecule has 1 saturated heterocycles. The number of para-hydroxylation sites is 1. The number of ether oxygens (including phenoxy) is 1. The van der Waals surface area contributed by atoms with E-state index in [9.17, 15) is 64.2 Å². The Morgan fingerprint density at radius 2 is 1.28 bits per heavy atom. The molecule has 4 rings (SSSR count). The second-order valence-corrected chi connectivity index (χ2v) is 17.1. The standard InChI is InChI=1S/C42H58N8O14S/c1-20(2)12-29(41(62)63)49-40(61)30(16-43)50-37(58)26(13-21-8-4-3-5-9-21)47-38(59)27(14-22-17-45-25-11-7-6-10-23(22)25)48-39(60)28(15-32(52)53)46-36(57)24(44)19-65-42-35(56)34(55)33(54)31(18-51)64-42/h3-11,17,20,24,26-31,33-35,42,45,51,54-56H,12-16,18-19,43-44H2,1-2H3,(H,46,57)(H,47,59)(H,48,60)(H,49,61)(H,50,58)(H,52,53)(H,62,63)/t24-,26-,27-,28-,29-,30-,31+,33-,34-,35+,42-/m0/s1. The van der Waals surface area contributed by atoms with Crippen molar-refractivity contribution < 1.29 is 68.9 Å². The van der Waals surface area contributed by atoms with Gasteiger partial charge in [0.1, 0.15) is 60.1 Å². The van der Waals surface area contributed by atoms with Crippen molar-refractivity contribution in [3.8, 4) is 0 Å². The van der Waals surface area contributed by atoms with Crippen molar-refractivity contribution in [3.05, 3.63) is 71.9 Å². The van der Waals surface area contributed by atoms with Crippen LogP contribution >= 0.6 is 11.8 Å². The van der Waals surface area contributed by atoms with Gasteiger partial charge >= 0.3 is 11.9 Å². The van der Waals surface area contributed by atoms with Crippen LogP contribution in [-0.4, -0.2) is 162 Å². The van der Waals surface area contributed by atoms with Crippen LogP contribution in [0.25, 0.3) is 10.9 Å². The second kappa shape index (κ2) is 24.6. The molecule has 5 amide bonds. The first-order valence-corrected chi connectivity index (χ1v) is 21.8. The quantitative estimate of drug-likeness (QED) is 0.0421. The van der Waals surface area contributed by atoms with Gasteiger partial charge in [0, 0.05) is 42.2 Å². The number of nitrogens with one attached hydrogen (secondary N) is 6. The number of aliphatic carboxylic acids is 2. The van der Waals surface area contributed by atoms with Crippen molar-refractivity contribution in [2.24, 2.45) is 17.4 Å². The third kappa shape index (κ3) is 14.9. The van der Waals surface area contributed by atoms with Gasteiger partial charge < -0.3 is 78.4 Å². The van der Waals surface area contributed by atoms with Crippen LogP contribution < -0.4 is 38.1 Å². The molecule has 0 bridgehead atoms. The molecule has 0 saturated carbocycles. The van der Waals surface area contributed by atoms with Crippen LogP contribution in [0.15, 0.2) is 60.8 Å². The third-order valence-electron chi connectivity index (χ3n) is 10.5. The van der Waals surface area contributed by atoms with Gasteiger partial charge in [0.2, 0.25) is 29.5 Å². The van der Waals surface area contributed by atoms with Crippen molar-refractivity contribution in [1.29, 1.82) is 0 Å². The fourth-order valence-corrected chi connectivity index (χ4v) is 8.07. The zero-order valence-corrected chi connectivity index (χ0v) is 36.5. The minimum atomic E-state index is -1.81. The van der Waals surface area contributed by atoms with E-state index in [0.29, 0.717) is 22.0 Å². The summed E-state index contributed by atoms with van der Waals surface area (Å²) in [6.07, 6.45) is -5.79. The highest BCUT2D eigenvalue weighted by atomic mass is 32.2. The first-order valence-electron chi connectivity index (χ1n) is 20.8. The van der Waals surface area contributed by atoms with Crippen LogP contribution in [-0.2, 0) is 51.1 Å². The van der Waals surface area contributed by atoms with E-state index in [4.69, 9.17) is 16.2 Å². The lowest BCUT2D eigenvalue weighted by Gasteiger charge is -2.39. The van der Waals surface area contributed by atoms with Gasteiger partial charge in [-0.2, -0.15) is 0 Å². The highest BCUT2D eigenvalue weighted by Crippen LogP contribution is 2.29. The lowest BCUT2D eigenvalue weighted by Crippen LogP contribution is -2.61. The summed E-state index contributed by atoms with van der Waals surface area (Å²) in [6.45, 7) is 2.41. The predicted molar refractivity (Wildman–Crippen MR) is 234 cm³/mol. The number of hydrogen-bond donors (Lipinski definition) is 14. The van der Waals surface area contributed by atoms with Gasteiger partial charge in [-0.15, -0.1) is 11.8 Å². The molecule has 2 aromatic carbocycles. The summed E-state index contributed by atoms with van der Waals surface area (Å²) in [5.74, 6) is -8.02. The Bertz CT molecular complexity index is 2110. The number of aromatic amines is 1. The van der Waals surface area contributed by atoms with E-state index in [1.54, 1.807) is 74.6 Å². The van der Waals surface area contributed by atoms with Crippen LogP contribution in [0.4, 0.5) is 0 Å². The van der Waals surface area contributed by atoms with E-state index in [1.807, 2.05) is 0 Å². The molecular weight excluding hydrogens is 873 g/mol. The monoisotopic (exact) mass is 930 g/mol. The number of rotatable bonds is 24. The van der Waals surface area contributed by atoms with Crippen LogP contribution in [0.5, 0.6) is 0 Å². The molecule has 16 N–H and O–H groups in total. The van der Waals surface area contributed by atoms with Crippen LogP contribution in [0.2, 0.25) is 0 Å². The molecule has 1 aromatic heterocycles. The van der Waals surface area contributed by atoms with E-state index in [1.165, 1.54) is 0 Å². The summed E-state index contributed by atoms with van der Waals surface area (Å²) in [4.78, 5) is 95.8. The lowest BCUT2D eigenvalue weighted by molar-refractivity contribution is -0.205. The van der Waals surface area contributed by atoms with Crippen LogP contribution in [0, 0.1) is 5.92 Å². The average molecular weight is 931 g/mol. The minimum absolute atomic E-state index is 0.0942. The van der Waals surface area contributed by atoms with Crippen molar-refractivity contribution in [1.82, 2.24) is 31.6 Å². The highest BCUT2D eigenvalue weighted by molar-refractivity contribution is 7.99. The highest BCUT2D eigenvalue weighted by Gasteiger charge is 2.44. The number of aliphatic hydroxyl groups excluding tert-OH is 4. The third-order valence-corrected chi connectivity index (χ3v) is 11.7. The molecule has 1 aliphatic heterocycles. The molecular formula is C42H58N8O14S. The Kier molecular flexibility index (Phi) is 19.7. The Balaban J connectivity index is 1.57. The Morgan fingerprint density at radius 1 is 0.723 bits per heavy atom. The fraction of sp³-hybridized carbons (Fsp3) is 0.500. The molecule has 0 unspecified atom stereocenters. The molecule has 1 aliphatic rings. The van der Waals surface area contributed by atoms with E-state index in [0.717, 1.165) is 11.8 Å². The summed E-state index contributed by atoms with van der Waals surface area (Å²) in [6, 6.07) is 6.62. The normalized spacial score (nSPS) is 21.2. The maximum absolute atomic E-state index is 14.4. The number of H-pyrrole nitrogens is 1. The SMILES string of the molecule is CC(C)C[C@H](NC(=O)[C@H](CN)NC(=O)[C@H](Cc1ccccc1)NC(=O)[C@H](Cc1c[nH]c2ccccc12)NC(=O)[C@H](CC(=O)O)NC(=O)[C@@H](N)CS[C@@H]1O[C@H](CO)[C@H](O)[C@H](O)[C@H]1O)C(=O)O. The number of carbonyl (C=O) groups is 7. The molecule has 22 nitrogen and oxygen atoms in total. The molecule has 0 aliphatic carbocycles. The molecule has 23 heteroatoms. The number of aromatic nitrogens is 1. The van der Waals surface area contributed by atoms with Crippen LogP contribution in [0.3, 0.4) is 0 Å². The van der Waals surface area contributed by atoms with Crippen molar-refractivity contribution in [2.45, 2.75) is 106 Å². The second-order valence-electron chi connectivity index (χ2n) is 16.0. The Hall–Kier alpha value is -5.66. The number of amides is 5. The molecule has 0 spiro atoms. The largest absolute Gasteiger partial charge is 0.481 e. The van der Waals surface area contributed by atoms with E-state index < -0.39 is 127 Å². The predicted octanol–water partition coefficient (Wildman–Crippen LogP) is -3.20. The van der Waals surface area contributed by atoms with Gasteiger partial charge in [-0.3, -0.25) is 28.8 Å². The molecule has 2 heterocycles. The zero-order valence-electron chi connectivity index (χ0n) is 35.7. The van der Waals surface area contributed by atoms with Gasteiger partial charge in [-0.05, 0) is 29.5 Å². The first-order chi connectivity index (χ1) is 30.8. The summed E-state index contributed by atoms with van der Waals surface area (Å²) in [5.41, 5.74) is 12.5. The number of carbonyl (C=O) groups excluding carboxylic acids is 5.